The minimum Gasteiger partial charge on any atom is -0.396 e. The SMILES string of the molecule is CCNc1nc(CC)nc(N(CCCO)C(C)C)c1C. The Bertz CT molecular complexity index is 421. The lowest BCUT2D eigenvalue weighted by Crippen LogP contribution is -2.34. The van der Waals surface area contributed by atoms with Gasteiger partial charge in [-0.1, -0.05) is 6.92 Å². The fourth-order valence-corrected chi connectivity index (χ4v) is 2.18. The van der Waals surface area contributed by atoms with Gasteiger partial charge in [0.2, 0.25) is 0 Å². The molecule has 20 heavy (non-hydrogen) atoms. The summed E-state index contributed by atoms with van der Waals surface area (Å²) in [6.07, 6.45) is 1.57. The molecule has 0 bridgehead atoms. The van der Waals surface area contributed by atoms with Crippen molar-refractivity contribution in [2.45, 2.75) is 53.5 Å². The Kier molecular flexibility index (Phi) is 6.71. The van der Waals surface area contributed by atoms with Gasteiger partial charge in [-0.3, -0.25) is 0 Å². The minimum atomic E-state index is 0.202. The van der Waals surface area contributed by atoms with Gasteiger partial charge in [0.15, 0.2) is 0 Å². The van der Waals surface area contributed by atoms with Crippen LogP contribution >= 0.6 is 0 Å². The van der Waals surface area contributed by atoms with Crippen LogP contribution < -0.4 is 10.2 Å². The van der Waals surface area contributed by atoms with Gasteiger partial charge in [0.05, 0.1) is 0 Å². The van der Waals surface area contributed by atoms with Crippen molar-refractivity contribution in [2.75, 3.05) is 29.9 Å². The van der Waals surface area contributed by atoms with Crippen LogP contribution in [0.2, 0.25) is 0 Å². The van der Waals surface area contributed by atoms with Crippen LogP contribution in [0.3, 0.4) is 0 Å². The van der Waals surface area contributed by atoms with Gasteiger partial charge in [0.1, 0.15) is 17.5 Å². The molecule has 0 amide bonds. The fourth-order valence-electron chi connectivity index (χ4n) is 2.18. The Morgan fingerprint density at radius 2 is 1.95 bits per heavy atom. The Morgan fingerprint density at radius 1 is 1.25 bits per heavy atom. The lowest BCUT2D eigenvalue weighted by atomic mass is 10.2. The quantitative estimate of drug-likeness (QED) is 0.765. The smallest absolute Gasteiger partial charge is 0.137 e. The summed E-state index contributed by atoms with van der Waals surface area (Å²) in [7, 11) is 0. The molecule has 1 rings (SSSR count). The summed E-state index contributed by atoms with van der Waals surface area (Å²) < 4.78 is 0. The van der Waals surface area contributed by atoms with Crippen LogP contribution in [0.5, 0.6) is 0 Å². The molecule has 0 aromatic carbocycles. The van der Waals surface area contributed by atoms with Crippen molar-refractivity contribution in [1.29, 1.82) is 0 Å². The van der Waals surface area contributed by atoms with E-state index in [0.717, 1.165) is 49.0 Å². The maximum atomic E-state index is 9.08. The molecule has 1 aromatic heterocycles. The molecule has 0 aliphatic rings. The molecular weight excluding hydrogens is 252 g/mol. The van der Waals surface area contributed by atoms with Gasteiger partial charge in [-0.25, -0.2) is 9.97 Å². The first kappa shape index (κ1) is 16.7. The van der Waals surface area contributed by atoms with Crippen LogP contribution in [0.1, 0.15) is 45.5 Å². The lowest BCUT2D eigenvalue weighted by Gasteiger charge is -2.30. The van der Waals surface area contributed by atoms with Crippen LogP contribution in [0.25, 0.3) is 0 Å². The zero-order chi connectivity index (χ0) is 15.1. The summed E-state index contributed by atoms with van der Waals surface area (Å²) in [6, 6.07) is 0.342. The van der Waals surface area contributed by atoms with E-state index in [1.165, 1.54) is 0 Å². The maximum absolute atomic E-state index is 9.08. The van der Waals surface area contributed by atoms with E-state index in [0.29, 0.717) is 6.04 Å². The van der Waals surface area contributed by atoms with Crippen LogP contribution in [-0.2, 0) is 6.42 Å². The average molecular weight is 280 g/mol. The molecule has 114 valence electrons. The molecular formula is C15H28N4O. The molecule has 0 fully saturated rings. The Hall–Kier alpha value is -1.36. The third kappa shape index (κ3) is 4.07. The Labute approximate surface area is 122 Å². The summed E-state index contributed by atoms with van der Waals surface area (Å²) >= 11 is 0. The van der Waals surface area contributed by atoms with Crippen LogP contribution in [0.4, 0.5) is 11.6 Å². The van der Waals surface area contributed by atoms with Crippen molar-refractivity contribution in [2.24, 2.45) is 0 Å². The summed E-state index contributed by atoms with van der Waals surface area (Å²) in [5.74, 6) is 2.76. The van der Waals surface area contributed by atoms with E-state index in [1.807, 2.05) is 0 Å². The largest absolute Gasteiger partial charge is 0.396 e. The average Bonchev–Trinajstić information content (AvgIpc) is 2.42. The van der Waals surface area contributed by atoms with Crippen molar-refractivity contribution < 1.29 is 5.11 Å². The number of rotatable bonds is 8. The second kappa shape index (κ2) is 8.04. The predicted octanol–water partition coefficient (Wildman–Crippen LogP) is 2.38. The summed E-state index contributed by atoms with van der Waals surface area (Å²) in [5.41, 5.74) is 1.08. The number of aromatic nitrogens is 2. The molecule has 0 aliphatic heterocycles. The van der Waals surface area contributed by atoms with Gasteiger partial charge in [-0.15, -0.1) is 0 Å². The van der Waals surface area contributed by atoms with E-state index in [2.05, 4.69) is 49.8 Å². The first-order valence-corrected chi connectivity index (χ1v) is 7.53. The number of anilines is 2. The van der Waals surface area contributed by atoms with Crippen LogP contribution in [-0.4, -0.2) is 40.8 Å². The number of aryl methyl sites for hydroxylation is 1. The molecule has 0 radical (unpaired) electrons. The predicted molar refractivity (Wildman–Crippen MR) is 84.5 cm³/mol. The molecule has 0 aliphatic carbocycles. The van der Waals surface area contributed by atoms with E-state index in [4.69, 9.17) is 10.1 Å². The van der Waals surface area contributed by atoms with Gasteiger partial charge < -0.3 is 15.3 Å². The molecule has 2 N–H and O–H groups in total. The monoisotopic (exact) mass is 280 g/mol. The number of hydrogen-bond donors (Lipinski definition) is 2. The first-order valence-electron chi connectivity index (χ1n) is 7.53. The van der Waals surface area contributed by atoms with E-state index in [9.17, 15) is 0 Å². The van der Waals surface area contributed by atoms with Crippen molar-refractivity contribution >= 4 is 11.6 Å². The third-order valence-electron chi connectivity index (χ3n) is 3.28. The first-order chi connectivity index (χ1) is 9.54. The topological polar surface area (TPSA) is 61.3 Å². The van der Waals surface area contributed by atoms with Gasteiger partial charge in [0, 0.05) is 37.7 Å². The third-order valence-corrected chi connectivity index (χ3v) is 3.28. The molecule has 0 saturated carbocycles. The highest BCUT2D eigenvalue weighted by molar-refractivity contribution is 5.59. The Morgan fingerprint density at radius 3 is 2.45 bits per heavy atom. The normalized spacial score (nSPS) is 10.9. The summed E-state index contributed by atoms with van der Waals surface area (Å²) in [4.78, 5) is 11.5. The number of nitrogens with one attached hydrogen (secondary N) is 1. The van der Waals surface area contributed by atoms with E-state index >= 15 is 0 Å². The van der Waals surface area contributed by atoms with Crippen LogP contribution in [0.15, 0.2) is 0 Å². The van der Waals surface area contributed by atoms with Crippen molar-refractivity contribution in [3.63, 3.8) is 0 Å². The zero-order valence-electron chi connectivity index (χ0n) is 13.4. The van der Waals surface area contributed by atoms with Crippen molar-refractivity contribution in [1.82, 2.24) is 9.97 Å². The lowest BCUT2D eigenvalue weighted by molar-refractivity contribution is 0.288. The van der Waals surface area contributed by atoms with E-state index in [1.54, 1.807) is 0 Å². The molecule has 5 heteroatoms. The van der Waals surface area contributed by atoms with Gasteiger partial charge in [0.25, 0.3) is 0 Å². The maximum Gasteiger partial charge on any atom is 0.137 e. The summed E-state index contributed by atoms with van der Waals surface area (Å²) in [6.45, 7) is 12.3. The number of aliphatic hydroxyl groups is 1. The fraction of sp³-hybridized carbons (Fsp3) is 0.733. The molecule has 0 atom stereocenters. The highest BCUT2D eigenvalue weighted by atomic mass is 16.3. The second-order valence-corrected chi connectivity index (χ2v) is 5.19. The molecule has 0 spiro atoms. The number of nitrogens with zero attached hydrogens (tertiary/aromatic N) is 3. The van der Waals surface area contributed by atoms with E-state index in [-0.39, 0.29) is 6.61 Å². The highest BCUT2D eigenvalue weighted by Gasteiger charge is 2.18. The second-order valence-electron chi connectivity index (χ2n) is 5.19. The standard InChI is InChI=1S/C15H28N4O/c1-6-13-17-14(16-7-2)12(5)15(18-13)19(11(3)4)9-8-10-20/h11,20H,6-10H2,1-5H3,(H,16,17,18). The minimum absolute atomic E-state index is 0.202. The molecule has 1 aromatic rings. The molecule has 0 saturated heterocycles. The van der Waals surface area contributed by atoms with Crippen molar-refractivity contribution in [3.8, 4) is 0 Å². The zero-order valence-corrected chi connectivity index (χ0v) is 13.4. The summed E-state index contributed by atoms with van der Waals surface area (Å²) in [5, 5.41) is 12.4. The van der Waals surface area contributed by atoms with Crippen molar-refractivity contribution in [3.05, 3.63) is 11.4 Å². The molecule has 5 nitrogen and oxygen atoms in total. The van der Waals surface area contributed by atoms with Gasteiger partial charge in [-0.05, 0) is 34.1 Å². The number of aliphatic hydroxyl groups excluding tert-OH is 1. The van der Waals surface area contributed by atoms with Gasteiger partial charge >= 0.3 is 0 Å². The van der Waals surface area contributed by atoms with E-state index < -0.39 is 0 Å². The van der Waals surface area contributed by atoms with Crippen LogP contribution in [0, 0.1) is 6.92 Å². The highest BCUT2D eigenvalue weighted by Crippen LogP contribution is 2.25. The van der Waals surface area contributed by atoms with Gasteiger partial charge in [-0.2, -0.15) is 0 Å². The number of hydrogen-bond acceptors (Lipinski definition) is 5. The molecule has 0 unspecified atom stereocenters. The Balaban J connectivity index is 3.20. The molecule has 1 heterocycles.